The molecule has 1 aliphatic heterocycles. The number of benzene rings is 1. The molecule has 1 saturated heterocycles. The number of fused-ring (bicyclic) bond motifs is 1. The van der Waals surface area contributed by atoms with Crippen molar-refractivity contribution in [1.29, 1.82) is 0 Å². The average Bonchev–Trinajstić information content (AvgIpc) is 3.22. The Labute approximate surface area is 156 Å². The topological polar surface area (TPSA) is 57.9 Å². The third kappa shape index (κ3) is 3.35. The minimum atomic E-state index is 0.0736. The lowest BCUT2D eigenvalue weighted by molar-refractivity contribution is -0.904. The number of carbonyl (C=O) groups excluding carboxylic acids is 1. The second kappa shape index (κ2) is 7.53. The summed E-state index contributed by atoms with van der Waals surface area (Å²) in [5.41, 5.74) is 2.43. The van der Waals surface area contributed by atoms with E-state index in [-0.39, 0.29) is 12.5 Å². The summed E-state index contributed by atoms with van der Waals surface area (Å²) in [4.78, 5) is 22.4. The fourth-order valence-corrected chi connectivity index (χ4v) is 4.19. The Bertz CT molecular complexity index is 903. The van der Waals surface area contributed by atoms with Gasteiger partial charge in [-0.15, -0.1) is 11.3 Å². The standard InChI is InChI=1S/C20H21N3O2S/c24-12-11-22-7-9-23(10-8-22)20(25)16-14-18(19-6-3-13-26-19)21-17-5-2-1-4-15(16)17/h1-6,13-14,24H,7-12H2/p+1. The van der Waals surface area contributed by atoms with E-state index in [9.17, 15) is 4.79 Å². The summed E-state index contributed by atoms with van der Waals surface area (Å²) in [6.07, 6.45) is 0. The zero-order valence-electron chi connectivity index (χ0n) is 14.5. The highest BCUT2D eigenvalue weighted by atomic mass is 32.1. The third-order valence-corrected chi connectivity index (χ3v) is 5.84. The molecule has 0 bridgehead atoms. The van der Waals surface area contributed by atoms with Crippen molar-refractivity contribution in [3.63, 3.8) is 0 Å². The van der Waals surface area contributed by atoms with E-state index in [1.807, 2.05) is 52.7 Å². The Morgan fingerprint density at radius 2 is 2.00 bits per heavy atom. The molecule has 0 radical (unpaired) electrons. The van der Waals surface area contributed by atoms with E-state index in [2.05, 4.69) is 0 Å². The maximum Gasteiger partial charge on any atom is 0.255 e. The molecule has 3 aromatic rings. The quantitative estimate of drug-likeness (QED) is 0.730. The average molecular weight is 368 g/mol. The summed E-state index contributed by atoms with van der Waals surface area (Å²) in [5.74, 6) is 0.0736. The number of hydrogen-bond acceptors (Lipinski definition) is 4. The first kappa shape index (κ1) is 17.1. The Hall–Kier alpha value is -2.28. The highest BCUT2D eigenvalue weighted by Crippen LogP contribution is 2.28. The molecule has 0 saturated carbocycles. The van der Waals surface area contributed by atoms with Gasteiger partial charge in [0.15, 0.2) is 0 Å². The van der Waals surface area contributed by atoms with Crippen molar-refractivity contribution in [2.45, 2.75) is 0 Å². The minimum Gasteiger partial charge on any atom is -0.391 e. The lowest BCUT2D eigenvalue weighted by Crippen LogP contribution is -3.15. The van der Waals surface area contributed by atoms with Gasteiger partial charge in [-0.25, -0.2) is 4.98 Å². The van der Waals surface area contributed by atoms with E-state index in [0.29, 0.717) is 0 Å². The number of amides is 1. The van der Waals surface area contributed by atoms with Crippen LogP contribution in [0.3, 0.4) is 0 Å². The summed E-state index contributed by atoms with van der Waals surface area (Å²) in [5, 5.41) is 12.0. The molecule has 134 valence electrons. The number of quaternary nitrogens is 1. The number of pyridine rings is 1. The van der Waals surface area contributed by atoms with Crippen LogP contribution < -0.4 is 4.90 Å². The van der Waals surface area contributed by atoms with Gasteiger partial charge in [0, 0.05) is 5.39 Å². The van der Waals surface area contributed by atoms with E-state index >= 15 is 0 Å². The van der Waals surface area contributed by atoms with Gasteiger partial charge in [-0.3, -0.25) is 4.79 Å². The van der Waals surface area contributed by atoms with Crippen LogP contribution in [0.25, 0.3) is 21.5 Å². The molecule has 1 fully saturated rings. The Kier molecular flexibility index (Phi) is 4.97. The zero-order valence-corrected chi connectivity index (χ0v) is 15.3. The van der Waals surface area contributed by atoms with Crippen molar-refractivity contribution in [2.75, 3.05) is 39.3 Å². The number of hydrogen-bond donors (Lipinski definition) is 2. The predicted octanol–water partition coefficient (Wildman–Crippen LogP) is 1.30. The lowest BCUT2D eigenvalue weighted by atomic mass is 10.1. The number of piperazine rings is 1. The number of nitrogens with one attached hydrogen (secondary N) is 1. The molecule has 26 heavy (non-hydrogen) atoms. The molecule has 0 atom stereocenters. The number of aromatic nitrogens is 1. The highest BCUT2D eigenvalue weighted by Gasteiger charge is 2.26. The third-order valence-electron chi connectivity index (χ3n) is 4.94. The summed E-state index contributed by atoms with van der Waals surface area (Å²) >= 11 is 1.63. The van der Waals surface area contributed by atoms with Gasteiger partial charge in [-0.05, 0) is 23.6 Å². The number of para-hydroxylation sites is 1. The van der Waals surface area contributed by atoms with E-state index < -0.39 is 0 Å². The first-order valence-electron chi connectivity index (χ1n) is 8.93. The zero-order chi connectivity index (χ0) is 17.9. The fraction of sp³-hybridized carbons (Fsp3) is 0.300. The van der Waals surface area contributed by atoms with Crippen molar-refractivity contribution in [3.05, 3.63) is 53.4 Å². The van der Waals surface area contributed by atoms with Crippen molar-refractivity contribution >= 4 is 28.1 Å². The second-order valence-corrected chi connectivity index (χ2v) is 7.51. The molecule has 1 aromatic carbocycles. The fourth-order valence-electron chi connectivity index (χ4n) is 3.51. The maximum atomic E-state index is 13.2. The molecule has 6 heteroatoms. The highest BCUT2D eigenvalue weighted by molar-refractivity contribution is 7.13. The second-order valence-electron chi connectivity index (χ2n) is 6.57. The summed E-state index contributed by atoms with van der Waals surface area (Å²) in [6.45, 7) is 4.16. The monoisotopic (exact) mass is 368 g/mol. The summed E-state index contributed by atoms with van der Waals surface area (Å²) < 4.78 is 0. The van der Waals surface area contributed by atoms with Gasteiger partial charge >= 0.3 is 0 Å². The van der Waals surface area contributed by atoms with Crippen molar-refractivity contribution in [3.8, 4) is 10.6 Å². The van der Waals surface area contributed by atoms with Crippen molar-refractivity contribution in [1.82, 2.24) is 9.88 Å². The molecule has 0 spiro atoms. The number of aliphatic hydroxyl groups is 1. The largest absolute Gasteiger partial charge is 0.391 e. The Morgan fingerprint density at radius 3 is 2.73 bits per heavy atom. The van der Waals surface area contributed by atoms with Crippen LogP contribution >= 0.6 is 11.3 Å². The van der Waals surface area contributed by atoms with Gasteiger partial charge in [0.25, 0.3) is 5.91 Å². The van der Waals surface area contributed by atoms with Crippen LogP contribution in [0.4, 0.5) is 0 Å². The molecule has 2 N–H and O–H groups in total. The smallest absolute Gasteiger partial charge is 0.255 e. The van der Waals surface area contributed by atoms with Crippen LogP contribution in [-0.4, -0.2) is 60.2 Å². The first-order chi connectivity index (χ1) is 12.8. The van der Waals surface area contributed by atoms with Crippen LogP contribution in [-0.2, 0) is 0 Å². The molecular weight excluding hydrogens is 346 g/mol. The first-order valence-corrected chi connectivity index (χ1v) is 9.81. The molecule has 2 aromatic heterocycles. The maximum absolute atomic E-state index is 13.2. The number of thiophene rings is 1. The van der Waals surface area contributed by atoms with E-state index in [4.69, 9.17) is 10.1 Å². The van der Waals surface area contributed by atoms with E-state index in [0.717, 1.165) is 59.8 Å². The molecule has 5 nitrogen and oxygen atoms in total. The molecule has 1 amide bonds. The van der Waals surface area contributed by atoms with Gasteiger partial charge in [-0.1, -0.05) is 24.3 Å². The van der Waals surface area contributed by atoms with Crippen molar-refractivity contribution < 1.29 is 14.8 Å². The molecule has 0 unspecified atom stereocenters. The molecular formula is C20H22N3O2S+. The van der Waals surface area contributed by atoms with Gasteiger partial charge in [0.2, 0.25) is 0 Å². The molecule has 0 aliphatic carbocycles. The normalized spacial score (nSPS) is 15.5. The van der Waals surface area contributed by atoms with Crippen molar-refractivity contribution in [2.24, 2.45) is 0 Å². The van der Waals surface area contributed by atoms with Gasteiger partial charge < -0.3 is 14.9 Å². The molecule has 3 heterocycles. The van der Waals surface area contributed by atoms with Crippen LogP contribution in [0.5, 0.6) is 0 Å². The number of carbonyl (C=O) groups is 1. The summed E-state index contributed by atoms with van der Waals surface area (Å²) in [7, 11) is 0. The summed E-state index contributed by atoms with van der Waals surface area (Å²) in [6, 6.07) is 13.8. The van der Waals surface area contributed by atoms with Gasteiger partial charge in [-0.2, -0.15) is 0 Å². The van der Waals surface area contributed by atoms with Crippen LogP contribution in [0.1, 0.15) is 10.4 Å². The van der Waals surface area contributed by atoms with Crippen LogP contribution in [0, 0.1) is 0 Å². The minimum absolute atomic E-state index is 0.0736. The van der Waals surface area contributed by atoms with Gasteiger partial charge in [0.05, 0.1) is 54.4 Å². The van der Waals surface area contributed by atoms with Crippen LogP contribution in [0.2, 0.25) is 0 Å². The number of aliphatic hydroxyl groups excluding tert-OH is 1. The Morgan fingerprint density at radius 1 is 1.19 bits per heavy atom. The van der Waals surface area contributed by atoms with E-state index in [1.54, 1.807) is 11.3 Å². The van der Waals surface area contributed by atoms with E-state index in [1.165, 1.54) is 4.90 Å². The van der Waals surface area contributed by atoms with Crippen LogP contribution in [0.15, 0.2) is 47.8 Å². The lowest BCUT2D eigenvalue weighted by Gasteiger charge is -2.32. The predicted molar refractivity (Wildman–Crippen MR) is 104 cm³/mol. The molecule has 4 rings (SSSR count). The SMILES string of the molecule is O=C(c1cc(-c2cccs2)nc2ccccc12)N1CC[NH+](CCO)CC1. The number of rotatable bonds is 4. The Balaban J connectivity index is 1.68. The number of nitrogens with zero attached hydrogens (tertiary/aromatic N) is 2. The van der Waals surface area contributed by atoms with Gasteiger partial charge in [0.1, 0.15) is 6.54 Å². The molecule has 1 aliphatic rings.